The van der Waals surface area contributed by atoms with Gasteiger partial charge < -0.3 is 24.4 Å². The van der Waals surface area contributed by atoms with E-state index in [1.54, 1.807) is 41.5 Å². The third-order valence-corrected chi connectivity index (χ3v) is 10.0. The molecule has 0 aliphatic rings. The van der Waals surface area contributed by atoms with Gasteiger partial charge in [-0.15, -0.1) is 0 Å². The largest absolute Gasteiger partial charge is 0.475 e. The standard InChI is InChI=1S/C28H48FN2O13PS2/c1-25(2,3)22(34)46-17-15-40-11-13-42-45(38,43-14-12-41-16-18-47-23(35)26(4,5)6)44-19-28(29,39-8)21(33)27(7,37)31-10-9-20(32)30-24(31)36/h9-10,21,33,37H,11-19H2,1-8H3,(H,30,32,36)/t21-,27+,28+/m0/s1. The number of rotatable bonds is 21. The van der Waals surface area contributed by atoms with Crippen molar-refractivity contribution in [3.8, 4) is 0 Å². The van der Waals surface area contributed by atoms with Crippen molar-refractivity contribution in [1.29, 1.82) is 0 Å². The maximum atomic E-state index is 15.9. The second-order valence-corrected chi connectivity index (χ2v) is 16.2. The molecule has 47 heavy (non-hydrogen) atoms. The highest BCUT2D eigenvalue weighted by Gasteiger charge is 2.52. The molecule has 0 bridgehead atoms. The molecule has 1 heterocycles. The maximum Gasteiger partial charge on any atom is 0.475 e. The summed E-state index contributed by atoms with van der Waals surface area (Å²) in [4.78, 5) is 49.5. The Balaban J connectivity index is 2.87. The molecule has 3 N–H and O–H groups in total. The van der Waals surface area contributed by atoms with Crippen LogP contribution in [-0.2, 0) is 47.7 Å². The first kappa shape index (κ1) is 43.6. The Morgan fingerprint density at radius 3 is 1.77 bits per heavy atom. The summed E-state index contributed by atoms with van der Waals surface area (Å²) in [6.07, 6.45) is -1.70. The Hall–Kier alpha value is -1.44. The van der Waals surface area contributed by atoms with E-state index in [-0.39, 0.29) is 49.9 Å². The summed E-state index contributed by atoms with van der Waals surface area (Å²) in [5, 5.41) is 21.6. The number of ether oxygens (including phenoxy) is 3. The number of methoxy groups -OCH3 is 1. The summed E-state index contributed by atoms with van der Waals surface area (Å²) < 4.78 is 61.1. The number of carbonyl (C=O) groups excluding carboxylic acids is 2. The van der Waals surface area contributed by atoms with Crippen molar-refractivity contribution >= 4 is 41.6 Å². The quantitative estimate of drug-likeness (QED) is 0.123. The number of carbonyl (C=O) groups is 2. The zero-order chi connectivity index (χ0) is 36.1. The second kappa shape index (κ2) is 19.1. The number of hydrogen-bond acceptors (Lipinski definition) is 15. The molecule has 1 aromatic heterocycles. The molecule has 15 nitrogen and oxygen atoms in total. The van der Waals surface area contributed by atoms with Crippen molar-refractivity contribution in [1.82, 2.24) is 9.55 Å². The van der Waals surface area contributed by atoms with Gasteiger partial charge in [-0.1, -0.05) is 65.1 Å². The molecule has 0 saturated heterocycles. The fourth-order valence-corrected chi connectivity index (χ4v) is 6.08. The summed E-state index contributed by atoms with van der Waals surface area (Å²) in [6, 6.07) is 0.869. The summed E-state index contributed by atoms with van der Waals surface area (Å²) in [5.41, 5.74) is -5.66. The molecule has 272 valence electrons. The summed E-state index contributed by atoms with van der Waals surface area (Å²) >= 11 is 2.21. The van der Waals surface area contributed by atoms with Crippen LogP contribution in [0, 0.1) is 10.8 Å². The number of phosphoric ester groups is 1. The first-order valence-corrected chi connectivity index (χ1v) is 18.0. The van der Waals surface area contributed by atoms with Crippen molar-refractivity contribution in [2.45, 2.75) is 66.1 Å². The Morgan fingerprint density at radius 1 is 0.894 bits per heavy atom. The van der Waals surface area contributed by atoms with Gasteiger partial charge in [-0.2, -0.15) is 0 Å². The number of H-pyrrole nitrogens is 1. The van der Waals surface area contributed by atoms with Gasteiger partial charge in [0.1, 0.15) is 6.61 Å². The number of thioether (sulfide) groups is 2. The minimum absolute atomic E-state index is 0.00953. The molecule has 3 atom stereocenters. The van der Waals surface area contributed by atoms with Crippen LogP contribution in [0.3, 0.4) is 0 Å². The third-order valence-electron chi connectivity index (χ3n) is 6.10. The highest BCUT2D eigenvalue weighted by atomic mass is 32.2. The first-order valence-electron chi connectivity index (χ1n) is 14.6. The number of aromatic amines is 1. The normalized spacial score (nSPS) is 16.0. The van der Waals surface area contributed by atoms with E-state index < -0.39 is 54.2 Å². The number of aromatic nitrogens is 2. The lowest BCUT2D eigenvalue weighted by Gasteiger charge is -2.38. The Kier molecular flexibility index (Phi) is 17.7. The number of nitrogens with one attached hydrogen (secondary N) is 1. The van der Waals surface area contributed by atoms with Crippen molar-refractivity contribution in [2.75, 3.05) is 64.9 Å². The lowest BCUT2D eigenvalue weighted by atomic mass is 9.99. The molecule has 0 aliphatic heterocycles. The van der Waals surface area contributed by atoms with Gasteiger partial charge in [0.2, 0.25) is 0 Å². The van der Waals surface area contributed by atoms with Crippen LogP contribution in [0.15, 0.2) is 21.9 Å². The molecule has 0 amide bonds. The molecule has 0 aliphatic carbocycles. The average Bonchev–Trinajstić information content (AvgIpc) is 2.97. The molecule has 0 aromatic carbocycles. The van der Waals surface area contributed by atoms with Crippen molar-refractivity contribution < 1.29 is 56.5 Å². The molecule has 0 unspecified atom stereocenters. The molecular weight excluding hydrogens is 686 g/mol. The molecule has 19 heteroatoms. The van der Waals surface area contributed by atoms with Gasteiger partial charge in [0.25, 0.3) is 11.4 Å². The minimum atomic E-state index is -4.60. The monoisotopic (exact) mass is 734 g/mol. The zero-order valence-electron chi connectivity index (χ0n) is 28.1. The second-order valence-electron chi connectivity index (χ2n) is 12.4. The molecule has 1 aromatic rings. The van der Waals surface area contributed by atoms with Crippen molar-refractivity contribution in [3.05, 3.63) is 33.1 Å². The Bertz CT molecular complexity index is 1270. The van der Waals surface area contributed by atoms with Gasteiger partial charge in [-0.05, 0) is 6.92 Å². The number of aliphatic hydroxyl groups is 2. The first-order chi connectivity index (χ1) is 21.6. The highest BCUT2D eigenvalue weighted by molar-refractivity contribution is 8.14. The van der Waals surface area contributed by atoms with Crippen LogP contribution in [0.5, 0.6) is 0 Å². The van der Waals surface area contributed by atoms with Crippen molar-refractivity contribution in [3.63, 3.8) is 0 Å². The van der Waals surface area contributed by atoms with E-state index in [0.29, 0.717) is 16.1 Å². The van der Waals surface area contributed by atoms with E-state index in [1.807, 2.05) is 4.98 Å². The summed E-state index contributed by atoms with van der Waals surface area (Å²) in [7, 11) is -3.77. The van der Waals surface area contributed by atoms with Gasteiger partial charge in [-0.3, -0.25) is 37.5 Å². The zero-order valence-corrected chi connectivity index (χ0v) is 30.6. The highest BCUT2D eigenvalue weighted by Crippen LogP contribution is 2.50. The van der Waals surface area contributed by atoms with Gasteiger partial charge in [0, 0.05) is 41.7 Å². The number of nitrogens with zero attached hydrogens (tertiary/aromatic N) is 1. The minimum Gasteiger partial charge on any atom is -0.382 e. The predicted molar refractivity (Wildman–Crippen MR) is 175 cm³/mol. The van der Waals surface area contributed by atoms with Crippen LogP contribution in [0.4, 0.5) is 4.39 Å². The van der Waals surface area contributed by atoms with Gasteiger partial charge >= 0.3 is 13.5 Å². The van der Waals surface area contributed by atoms with Crippen LogP contribution in [0.25, 0.3) is 0 Å². The van der Waals surface area contributed by atoms with Crippen LogP contribution in [-0.4, -0.2) is 107 Å². The molecule has 0 fully saturated rings. The van der Waals surface area contributed by atoms with Gasteiger partial charge in [0.15, 0.2) is 22.1 Å². The molecule has 0 spiro atoms. The van der Waals surface area contributed by atoms with Crippen molar-refractivity contribution in [2.24, 2.45) is 10.8 Å². The number of alkyl halides is 1. The smallest absolute Gasteiger partial charge is 0.382 e. The van der Waals surface area contributed by atoms with E-state index in [2.05, 4.69) is 0 Å². The molecule has 1 rings (SSSR count). The molecular formula is C28H48FN2O13PS2. The molecule has 0 saturated carbocycles. The third kappa shape index (κ3) is 14.9. The fraction of sp³-hybridized carbons (Fsp3) is 0.786. The number of phosphoric acid groups is 1. The number of hydrogen-bond donors (Lipinski definition) is 3. The number of aliphatic hydroxyl groups excluding tert-OH is 1. The predicted octanol–water partition coefficient (Wildman–Crippen LogP) is 2.68. The van der Waals surface area contributed by atoms with E-state index >= 15 is 4.39 Å². The lowest BCUT2D eigenvalue weighted by molar-refractivity contribution is -0.273. The summed E-state index contributed by atoms with van der Waals surface area (Å²) in [6.45, 7) is 9.81. The average molecular weight is 735 g/mol. The van der Waals surface area contributed by atoms with E-state index in [4.69, 9.17) is 27.8 Å². The van der Waals surface area contributed by atoms with Crippen LogP contribution >= 0.6 is 31.3 Å². The Morgan fingerprint density at radius 2 is 1.36 bits per heavy atom. The topological polar surface area (TPSA) is 202 Å². The molecule has 0 radical (unpaired) electrons. The van der Waals surface area contributed by atoms with Gasteiger partial charge in [-0.25, -0.2) is 13.8 Å². The van der Waals surface area contributed by atoms with Crippen LogP contribution < -0.4 is 11.2 Å². The Labute approximate surface area is 282 Å². The number of halogens is 1. The van der Waals surface area contributed by atoms with Crippen LogP contribution in [0.1, 0.15) is 48.5 Å². The lowest BCUT2D eigenvalue weighted by Crippen LogP contribution is -2.59. The van der Waals surface area contributed by atoms with Gasteiger partial charge in [0.05, 0.1) is 39.6 Å². The van der Waals surface area contributed by atoms with E-state index in [0.717, 1.165) is 49.8 Å². The van der Waals surface area contributed by atoms with E-state index in [9.17, 15) is 34.0 Å². The van der Waals surface area contributed by atoms with Crippen LogP contribution in [0.2, 0.25) is 0 Å². The summed E-state index contributed by atoms with van der Waals surface area (Å²) in [5.74, 6) is -2.56. The van der Waals surface area contributed by atoms with E-state index in [1.165, 1.54) is 0 Å². The fourth-order valence-electron chi connectivity index (χ4n) is 3.28. The SMILES string of the molecule is CO[C@](F)(COP(=O)(OCCOCCSC(=O)C(C)(C)C)OCCOCCSC(=O)C(C)(C)C)[C@@H](O)[C@@](C)(O)n1ccc(=O)[nH]c1=O. The maximum absolute atomic E-state index is 15.9.